The lowest BCUT2D eigenvalue weighted by molar-refractivity contribution is -0.131. The van der Waals surface area contributed by atoms with Crippen LogP contribution >= 0.6 is 11.3 Å². The third-order valence-electron chi connectivity index (χ3n) is 4.96. The molecule has 0 spiro atoms. The maximum absolute atomic E-state index is 12.4. The number of thiophene rings is 1. The lowest BCUT2D eigenvalue weighted by Crippen LogP contribution is -2.38. The van der Waals surface area contributed by atoms with Crippen LogP contribution in [0.3, 0.4) is 0 Å². The van der Waals surface area contributed by atoms with Crippen molar-refractivity contribution >= 4 is 38.9 Å². The first-order chi connectivity index (χ1) is 13.0. The molecule has 1 N–H and O–H groups in total. The van der Waals surface area contributed by atoms with Crippen molar-refractivity contribution in [2.75, 3.05) is 19.5 Å². The first-order valence-corrected chi connectivity index (χ1v) is 9.61. The normalized spacial score (nSPS) is 16.7. The number of likely N-dealkylation sites (tertiary alicyclic amines) is 1. The van der Waals surface area contributed by atoms with Crippen LogP contribution in [0, 0.1) is 0 Å². The predicted octanol–water partition coefficient (Wildman–Crippen LogP) is 4.14. The molecule has 3 aromatic rings. The van der Waals surface area contributed by atoms with Crippen LogP contribution in [-0.4, -0.2) is 36.9 Å². The standard InChI is InChI=1S/C21H20N2O3S/c1-23-17(9-10-20(23)24)21(25)22-15-6-3-13(4-7-15)18-11-14-5-8-16(26-2)12-19(14)27-18/h3-8,11-12,17H,9-10H2,1-2H3,(H,22,25). The van der Waals surface area contributed by atoms with Gasteiger partial charge in [0.05, 0.1) is 7.11 Å². The van der Waals surface area contributed by atoms with Gasteiger partial charge in [-0.1, -0.05) is 12.1 Å². The summed E-state index contributed by atoms with van der Waals surface area (Å²) in [5.74, 6) is 0.737. The van der Waals surface area contributed by atoms with Crippen LogP contribution in [0.25, 0.3) is 20.5 Å². The van der Waals surface area contributed by atoms with Gasteiger partial charge in [-0.2, -0.15) is 0 Å². The molecule has 1 aliphatic heterocycles. The number of hydrogen-bond acceptors (Lipinski definition) is 4. The topological polar surface area (TPSA) is 58.6 Å². The summed E-state index contributed by atoms with van der Waals surface area (Å²) in [4.78, 5) is 26.7. The number of fused-ring (bicyclic) bond motifs is 1. The second-order valence-electron chi connectivity index (χ2n) is 6.64. The number of hydrogen-bond donors (Lipinski definition) is 1. The van der Waals surface area contributed by atoms with E-state index >= 15 is 0 Å². The van der Waals surface area contributed by atoms with Gasteiger partial charge in [0.15, 0.2) is 0 Å². The van der Waals surface area contributed by atoms with Crippen molar-refractivity contribution in [3.05, 3.63) is 48.5 Å². The van der Waals surface area contributed by atoms with Gasteiger partial charge in [0.1, 0.15) is 11.8 Å². The monoisotopic (exact) mass is 380 g/mol. The van der Waals surface area contributed by atoms with Gasteiger partial charge < -0.3 is 15.0 Å². The van der Waals surface area contributed by atoms with Crippen molar-refractivity contribution in [1.29, 1.82) is 0 Å². The van der Waals surface area contributed by atoms with E-state index in [9.17, 15) is 9.59 Å². The molecule has 2 amide bonds. The van der Waals surface area contributed by atoms with Gasteiger partial charge >= 0.3 is 0 Å². The number of ether oxygens (including phenoxy) is 1. The van der Waals surface area contributed by atoms with Crippen molar-refractivity contribution < 1.29 is 14.3 Å². The Morgan fingerprint density at radius 3 is 2.63 bits per heavy atom. The fourth-order valence-electron chi connectivity index (χ4n) is 3.34. The largest absolute Gasteiger partial charge is 0.497 e. The van der Waals surface area contributed by atoms with E-state index in [0.717, 1.165) is 21.9 Å². The summed E-state index contributed by atoms with van der Waals surface area (Å²) >= 11 is 1.71. The molecule has 1 atom stereocenters. The first kappa shape index (κ1) is 17.5. The zero-order valence-electron chi connectivity index (χ0n) is 15.2. The van der Waals surface area contributed by atoms with Crippen molar-refractivity contribution in [3.63, 3.8) is 0 Å². The molecule has 1 unspecified atom stereocenters. The number of carbonyl (C=O) groups excluding carboxylic acids is 2. The van der Waals surface area contributed by atoms with Crippen LogP contribution in [-0.2, 0) is 9.59 Å². The summed E-state index contributed by atoms with van der Waals surface area (Å²) in [5.41, 5.74) is 1.83. The number of anilines is 1. The minimum absolute atomic E-state index is 0.0203. The van der Waals surface area contributed by atoms with Crippen LogP contribution in [0.2, 0.25) is 0 Å². The fourth-order valence-corrected chi connectivity index (χ4v) is 4.43. The maximum atomic E-state index is 12.4. The molecule has 1 fully saturated rings. The fraction of sp³-hybridized carbons (Fsp3) is 0.238. The van der Waals surface area contributed by atoms with E-state index in [1.807, 2.05) is 36.4 Å². The summed E-state index contributed by atoms with van der Waals surface area (Å²) in [6, 6.07) is 15.6. The third-order valence-corrected chi connectivity index (χ3v) is 6.11. The Balaban J connectivity index is 1.50. The van der Waals surface area contributed by atoms with Crippen LogP contribution < -0.4 is 10.1 Å². The number of rotatable bonds is 4. The molecule has 2 heterocycles. The summed E-state index contributed by atoms with van der Waals surface area (Å²) in [5, 5.41) is 4.09. The number of nitrogens with one attached hydrogen (secondary N) is 1. The van der Waals surface area contributed by atoms with Crippen LogP contribution in [0.1, 0.15) is 12.8 Å². The number of methoxy groups -OCH3 is 1. The smallest absolute Gasteiger partial charge is 0.247 e. The summed E-state index contributed by atoms with van der Waals surface area (Å²) < 4.78 is 6.46. The average molecular weight is 380 g/mol. The van der Waals surface area contributed by atoms with E-state index in [4.69, 9.17) is 4.74 Å². The van der Waals surface area contributed by atoms with Gasteiger partial charge in [-0.05, 0) is 53.8 Å². The number of carbonyl (C=O) groups is 2. The molecule has 1 aromatic heterocycles. The van der Waals surface area contributed by atoms with Crippen molar-refractivity contribution in [2.45, 2.75) is 18.9 Å². The van der Waals surface area contributed by atoms with Crippen LogP contribution in [0.5, 0.6) is 5.75 Å². The van der Waals surface area contributed by atoms with E-state index in [1.165, 1.54) is 15.0 Å². The molecule has 1 aliphatic rings. The van der Waals surface area contributed by atoms with Crippen LogP contribution in [0.15, 0.2) is 48.5 Å². The van der Waals surface area contributed by atoms with Gasteiger partial charge in [0.2, 0.25) is 11.8 Å². The molecule has 0 bridgehead atoms. The predicted molar refractivity (Wildman–Crippen MR) is 108 cm³/mol. The number of benzene rings is 2. The molecular formula is C21H20N2O3S. The Bertz CT molecular complexity index is 1010. The van der Waals surface area contributed by atoms with E-state index in [2.05, 4.69) is 17.4 Å². The van der Waals surface area contributed by atoms with Crippen molar-refractivity contribution in [2.24, 2.45) is 0 Å². The Morgan fingerprint density at radius 1 is 1.19 bits per heavy atom. The molecule has 2 aromatic carbocycles. The highest BCUT2D eigenvalue weighted by molar-refractivity contribution is 7.22. The van der Waals surface area contributed by atoms with Gasteiger partial charge in [-0.15, -0.1) is 11.3 Å². The molecule has 4 rings (SSSR count). The van der Waals surface area contributed by atoms with Gasteiger partial charge in [-0.25, -0.2) is 0 Å². The highest BCUT2D eigenvalue weighted by atomic mass is 32.1. The Kier molecular flexibility index (Phi) is 4.58. The average Bonchev–Trinajstić information content (AvgIpc) is 3.25. The lowest BCUT2D eigenvalue weighted by atomic mass is 10.1. The van der Waals surface area contributed by atoms with Gasteiger partial charge in [0.25, 0.3) is 0 Å². The Hall–Kier alpha value is -2.86. The molecular weight excluding hydrogens is 360 g/mol. The third kappa shape index (κ3) is 3.40. The summed E-state index contributed by atoms with van der Waals surface area (Å²) in [6.45, 7) is 0. The molecule has 138 valence electrons. The highest BCUT2D eigenvalue weighted by Crippen LogP contribution is 2.35. The number of likely N-dealkylation sites (N-methyl/N-ethyl adjacent to an activating group) is 1. The summed E-state index contributed by atoms with van der Waals surface area (Å²) in [6.07, 6.45) is 1.01. The SMILES string of the molecule is COc1ccc2cc(-c3ccc(NC(=O)C4CCC(=O)N4C)cc3)sc2c1. The zero-order chi connectivity index (χ0) is 19.0. The second kappa shape index (κ2) is 7.04. The van der Waals surface area contributed by atoms with Gasteiger partial charge in [0, 0.05) is 28.7 Å². The quantitative estimate of drug-likeness (QED) is 0.740. The van der Waals surface area contributed by atoms with Gasteiger partial charge in [-0.3, -0.25) is 9.59 Å². The Labute approximate surface area is 161 Å². The maximum Gasteiger partial charge on any atom is 0.247 e. The minimum Gasteiger partial charge on any atom is -0.497 e. The van der Waals surface area contributed by atoms with E-state index in [-0.39, 0.29) is 17.9 Å². The van der Waals surface area contributed by atoms with E-state index in [0.29, 0.717) is 12.8 Å². The highest BCUT2D eigenvalue weighted by Gasteiger charge is 2.33. The summed E-state index contributed by atoms with van der Waals surface area (Å²) in [7, 11) is 3.35. The van der Waals surface area contributed by atoms with Crippen molar-refractivity contribution in [3.8, 4) is 16.2 Å². The van der Waals surface area contributed by atoms with Crippen molar-refractivity contribution in [1.82, 2.24) is 4.90 Å². The number of amides is 2. The molecule has 0 saturated carbocycles. The molecule has 0 radical (unpaired) electrons. The molecule has 0 aliphatic carbocycles. The van der Waals surface area contributed by atoms with E-state index in [1.54, 1.807) is 25.5 Å². The Morgan fingerprint density at radius 2 is 1.96 bits per heavy atom. The second-order valence-corrected chi connectivity index (χ2v) is 7.72. The molecule has 5 nitrogen and oxygen atoms in total. The first-order valence-electron chi connectivity index (χ1n) is 8.80. The minimum atomic E-state index is -0.380. The molecule has 1 saturated heterocycles. The van der Waals surface area contributed by atoms with Crippen LogP contribution in [0.4, 0.5) is 5.69 Å². The lowest BCUT2D eigenvalue weighted by Gasteiger charge is -2.19. The zero-order valence-corrected chi connectivity index (χ0v) is 16.0. The molecule has 6 heteroatoms. The molecule has 27 heavy (non-hydrogen) atoms. The number of nitrogens with zero attached hydrogens (tertiary/aromatic N) is 1. The van der Waals surface area contributed by atoms with E-state index < -0.39 is 0 Å².